The molecule has 0 N–H and O–H groups in total. The lowest BCUT2D eigenvalue weighted by Crippen LogP contribution is -2.15. The van der Waals surface area contributed by atoms with E-state index < -0.39 is 0 Å². The molecule has 6 aromatic carbocycles. The highest BCUT2D eigenvalue weighted by molar-refractivity contribution is 6.07. The van der Waals surface area contributed by atoms with Crippen LogP contribution >= 0.6 is 0 Å². The van der Waals surface area contributed by atoms with Crippen molar-refractivity contribution in [1.82, 2.24) is 9.97 Å². The standard InChI is InChI=1S/C50H34N2O/c1-3-14-33(15-4-1)40-30-41(32-42(31-40)44-26-13-19-34-16-7-8-24-43(34)44)38-22-11-20-36(28-38)37-21-12-23-39(29-37)50-51-47(35-17-5-2-6-18-35)49-48(52-50)45-25-9-10-27-46(45)53-49/h1-32,34,43H. The van der Waals surface area contributed by atoms with Crippen LogP contribution in [0.2, 0.25) is 0 Å². The quantitative estimate of drug-likeness (QED) is 0.176. The van der Waals surface area contributed by atoms with E-state index in [1.165, 1.54) is 33.4 Å². The van der Waals surface area contributed by atoms with E-state index in [-0.39, 0.29) is 0 Å². The molecule has 2 unspecified atom stereocenters. The summed E-state index contributed by atoms with van der Waals surface area (Å²) in [5, 5.41) is 0.982. The molecule has 53 heavy (non-hydrogen) atoms. The molecule has 0 radical (unpaired) electrons. The molecule has 8 aromatic rings. The van der Waals surface area contributed by atoms with Gasteiger partial charge in [0.05, 0.1) is 0 Å². The van der Waals surface area contributed by atoms with Crippen LogP contribution in [0.25, 0.3) is 83.7 Å². The molecule has 0 spiro atoms. The summed E-state index contributed by atoms with van der Waals surface area (Å²) >= 11 is 0. The van der Waals surface area contributed by atoms with Crippen LogP contribution in [0.4, 0.5) is 0 Å². The number of furan rings is 1. The minimum Gasteiger partial charge on any atom is -0.452 e. The third-order valence-electron chi connectivity index (χ3n) is 10.4. The average Bonchev–Trinajstić information content (AvgIpc) is 3.62. The van der Waals surface area contributed by atoms with E-state index in [2.05, 4.69) is 158 Å². The van der Waals surface area contributed by atoms with Crippen molar-refractivity contribution < 1.29 is 4.42 Å². The number of nitrogens with zero attached hydrogens (tertiary/aromatic N) is 2. The summed E-state index contributed by atoms with van der Waals surface area (Å²) < 4.78 is 6.35. The van der Waals surface area contributed by atoms with Crippen molar-refractivity contribution in [1.29, 1.82) is 0 Å². The number of para-hydroxylation sites is 1. The number of rotatable bonds is 6. The van der Waals surface area contributed by atoms with Gasteiger partial charge in [0.1, 0.15) is 16.8 Å². The lowest BCUT2D eigenvalue weighted by molar-refractivity contribution is 0.667. The van der Waals surface area contributed by atoms with E-state index >= 15 is 0 Å². The second-order valence-electron chi connectivity index (χ2n) is 13.7. The fourth-order valence-electron chi connectivity index (χ4n) is 7.79. The summed E-state index contributed by atoms with van der Waals surface area (Å²) in [6.07, 6.45) is 15.8. The van der Waals surface area contributed by atoms with Gasteiger partial charge in [-0.3, -0.25) is 0 Å². The van der Waals surface area contributed by atoms with Crippen molar-refractivity contribution in [2.45, 2.75) is 0 Å². The lowest BCUT2D eigenvalue weighted by atomic mass is 9.76. The van der Waals surface area contributed by atoms with E-state index in [1.807, 2.05) is 36.4 Å². The summed E-state index contributed by atoms with van der Waals surface area (Å²) in [5.74, 6) is 1.36. The van der Waals surface area contributed by atoms with Crippen LogP contribution in [0.15, 0.2) is 199 Å². The molecule has 2 aliphatic carbocycles. The first-order valence-electron chi connectivity index (χ1n) is 18.2. The summed E-state index contributed by atoms with van der Waals surface area (Å²) in [5.41, 5.74) is 14.7. The maximum Gasteiger partial charge on any atom is 0.180 e. The fourth-order valence-corrected chi connectivity index (χ4v) is 7.79. The average molecular weight is 679 g/mol. The summed E-state index contributed by atoms with van der Waals surface area (Å²) in [6, 6.07) is 53.4. The van der Waals surface area contributed by atoms with Crippen LogP contribution in [-0.4, -0.2) is 9.97 Å². The highest BCUT2D eigenvalue weighted by Crippen LogP contribution is 2.41. The van der Waals surface area contributed by atoms with Gasteiger partial charge in [0.2, 0.25) is 0 Å². The number of hydrogen-bond donors (Lipinski definition) is 0. The first-order valence-corrected chi connectivity index (χ1v) is 18.2. The van der Waals surface area contributed by atoms with Crippen molar-refractivity contribution in [3.8, 4) is 56.0 Å². The molecule has 0 bridgehead atoms. The Morgan fingerprint density at radius 1 is 0.434 bits per heavy atom. The Kier molecular flexibility index (Phi) is 7.62. The van der Waals surface area contributed by atoms with Crippen molar-refractivity contribution in [3.05, 3.63) is 200 Å². The van der Waals surface area contributed by atoms with Crippen LogP contribution in [0.3, 0.4) is 0 Å². The Bertz CT molecular complexity index is 2790. The van der Waals surface area contributed by atoms with Crippen LogP contribution in [0.5, 0.6) is 0 Å². The van der Waals surface area contributed by atoms with Gasteiger partial charge in [-0.15, -0.1) is 0 Å². The molecule has 10 rings (SSSR count). The zero-order valence-corrected chi connectivity index (χ0v) is 28.9. The van der Waals surface area contributed by atoms with Crippen molar-refractivity contribution in [2.24, 2.45) is 11.8 Å². The molecule has 0 fully saturated rings. The summed E-state index contributed by atoms with van der Waals surface area (Å²) in [6.45, 7) is 0. The first kappa shape index (κ1) is 30.9. The zero-order chi connectivity index (χ0) is 35.1. The highest BCUT2D eigenvalue weighted by Gasteiger charge is 2.24. The molecular weight excluding hydrogens is 645 g/mol. The van der Waals surface area contributed by atoms with Crippen LogP contribution < -0.4 is 0 Å². The molecule has 0 saturated heterocycles. The van der Waals surface area contributed by atoms with Crippen LogP contribution in [0.1, 0.15) is 5.56 Å². The van der Waals surface area contributed by atoms with Gasteiger partial charge in [-0.1, -0.05) is 152 Å². The molecule has 3 nitrogen and oxygen atoms in total. The Hall–Kier alpha value is -6.84. The number of allylic oxidation sites excluding steroid dienone is 8. The van der Waals surface area contributed by atoms with Gasteiger partial charge in [-0.25, -0.2) is 9.97 Å². The largest absolute Gasteiger partial charge is 0.452 e. The minimum absolute atomic E-state index is 0.321. The number of aromatic nitrogens is 2. The van der Waals surface area contributed by atoms with Crippen molar-refractivity contribution >= 4 is 27.6 Å². The highest BCUT2D eigenvalue weighted by atomic mass is 16.3. The van der Waals surface area contributed by atoms with Gasteiger partial charge in [0, 0.05) is 28.3 Å². The monoisotopic (exact) mass is 678 g/mol. The van der Waals surface area contributed by atoms with E-state index in [1.54, 1.807) is 0 Å². The predicted octanol–water partition coefficient (Wildman–Crippen LogP) is 13.0. The number of benzene rings is 6. The van der Waals surface area contributed by atoms with Gasteiger partial charge in [-0.05, 0) is 87.0 Å². The van der Waals surface area contributed by atoms with E-state index in [0.717, 1.165) is 44.4 Å². The summed E-state index contributed by atoms with van der Waals surface area (Å²) in [4.78, 5) is 10.3. The van der Waals surface area contributed by atoms with Crippen molar-refractivity contribution in [3.63, 3.8) is 0 Å². The Morgan fingerprint density at radius 3 is 1.79 bits per heavy atom. The number of hydrogen-bond acceptors (Lipinski definition) is 3. The molecule has 3 heteroatoms. The van der Waals surface area contributed by atoms with Crippen molar-refractivity contribution in [2.75, 3.05) is 0 Å². The predicted molar refractivity (Wildman–Crippen MR) is 219 cm³/mol. The molecular formula is C50H34N2O. The second-order valence-corrected chi connectivity index (χ2v) is 13.7. The summed E-state index contributed by atoms with van der Waals surface area (Å²) in [7, 11) is 0. The van der Waals surface area contributed by atoms with Gasteiger partial charge < -0.3 is 4.42 Å². The maximum atomic E-state index is 6.35. The van der Waals surface area contributed by atoms with Gasteiger partial charge in [0.25, 0.3) is 0 Å². The van der Waals surface area contributed by atoms with Gasteiger partial charge in [-0.2, -0.15) is 0 Å². The molecule has 0 amide bonds. The molecule has 2 heterocycles. The minimum atomic E-state index is 0.321. The molecule has 2 aliphatic rings. The SMILES string of the molecule is C1=CC2C=CC=C(c3cc(-c4ccccc4)cc(-c4cccc(-c5cccc(-c6nc(-c7ccccc7)c7oc8ccccc8c7n6)c5)c4)c3)C2C=C1. The van der Waals surface area contributed by atoms with Gasteiger partial charge >= 0.3 is 0 Å². The molecule has 2 aromatic heterocycles. The first-order chi connectivity index (χ1) is 26.2. The zero-order valence-electron chi connectivity index (χ0n) is 28.9. The second kappa shape index (κ2) is 13.0. The molecule has 0 aliphatic heterocycles. The third-order valence-corrected chi connectivity index (χ3v) is 10.4. The molecule has 250 valence electrons. The fraction of sp³-hybridized carbons (Fsp3) is 0.0400. The van der Waals surface area contributed by atoms with E-state index in [4.69, 9.17) is 14.4 Å². The Morgan fingerprint density at radius 2 is 1.00 bits per heavy atom. The van der Waals surface area contributed by atoms with Crippen LogP contribution in [-0.2, 0) is 0 Å². The van der Waals surface area contributed by atoms with E-state index in [9.17, 15) is 0 Å². The Labute approximate surface area is 308 Å². The topological polar surface area (TPSA) is 38.9 Å². The normalized spacial score (nSPS) is 16.2. The lowest BCUT2D eigenvalue weighted by Gasteiger charge is -2.28. The molecule has 2 atom stereocenters. The third kappa shape index (κ3) is 5.73. The van der Waals surface area contributed by atoms with Gasteiger partial charge in [0.15, 0.2) is 11.4 Å². The smallest absolute Gasteiger partial charge is 0.180 e. The van der Waals surface area contributed by atoms with E-state index in [0.29, 0.717) is 23.2 Å². The Balaban J connectivity index is 1.07. The van der Waals surface area contributed by atoms with Crippen LogP contribution in [0, 0.1) is 11.8 Å². The number of fused-ring (bicyclic) bond motifs is 4. The molecule has 0 saturated carbocycles. The maximum absolute atomic E-state index is 6.35.